The molecule has 1 fully saturated rings. The van der Waals surface area contributed by atoms with Crippen molar-refractivity contribution in [3.63, 3.8) is 0 Å². The average molecular weight is 272 g/mol. The Morgan fingerprint density at radius 3 is 1.84 bits per heavy atom. The van der Waals surface area contributed by atoms with Crippen molar-refractivity contribution >= 4 is 17.7 Å². The minimum absolute atomic E-state index is 0.0986. The van der Waals surface area contributed by atoms with Crippen molar-refractivity contribution in [3.8, 4) is 0 Å². The van der Waals surface area contributed by atoms with Crippen LogP contribution in [0, 0.1) is 0 Å². The average Bonchev–Trinajstić information content (AvgIpc) is 3.00. The van der Waals surface area contributed by atoms with Crippen molar-refractivity contribution in [1.82, 2.24) is 0 Å². The maximum absolute atomic E-state index is 12.0. The number of ether oxygens (including phenoxy) is 3. The third-order valence-corrected chi connectivity index (χ3v) is 3.12. The van der Waals surface area contributed by atoms with E-state index in [9.17, 15) is 14.4 Å². The van der Waals surface area contributed by atoms with Gasteiger partial charge in [-0.3, -0.25) is 4.79 Å². The molecule has 19 heavy (non-hydrogen) atoms. The van der Waals surface area contributed by atoms with Gasteiger partial charge in [-0.1, -0.05) is 6.92 Å². The van der Waals surface area contributed by atoms with Gasteiger partial charge in [-0.25, -0.2) is 9.59 Å². The first-order chi connectivity index (χ1) is 8.90. The summed E-state index contributed by atoms with van der Waals surface area (Å²) in [6.07, 6.45) is 0.844. The van der Waals surface area contributed by atoms with Crippen LogP contribution >= 0.6 is 0 Å². The summed E-state index contributed by atoms with van der Waals surface area (Å²) in [7, 11) is 0. The molecule has 0 aromatic heterocycles. The summed E-state index contributed by atoms with van der Waals surface area (Å²) < 4.78 is 14.9. The molecular formula is C13H20O6. The second-order valence-corrected chi connectivity index (χ2v) is 4.43. The molecule has 6 heteroatoms. The molecule has 0 aliphatic carbocycles. The second-order valence-electron chi connectivity index (χ2n) is 4.43. The normalized spacial score (nSPS) is 23.6. The fourth-order valence-corrected chi connectivity index (χ4v) is 2.02. The summed E-state index contributed by atoms with van der Waals surface area (Å²) in [5, 5.41) is 0. The molecule has 1 heterocycles. The smallest absolute Gasteiger partial charge is 0.354 e. The summed E-state index contributed by atoms with van der Waals surface area (Å²) in [6, 6.07) is 0. The van der Waals surface area contributed by atoms with Crippen LogP contribution in [0.25, 0.3) is 0 Å². The van der Waals surface area contributed by atoms with Gasteiger partial charge in [0.1, 0.15) is 0 Å². The number of carbonyl (C=O) groups excluding carboxylic acids is 3. The molecule has 1 atom stereocenters. The number of ketones is 1. The lowest BCUT2D eigenvalue weighted by molar-refractivity contribution is -0.164. The van der Waals surface area contributed by atoms with E-state index in [1.807, 2.05) is 6.92 Å². The Kier molecular flexibility index (Phi) is 4.68. The molecule has 0 aromatic carbocycles. The molecule has 0 saturated carbocycles. The Bertz CT molecular complexity index is 371. The number of hydrogen-bond acceptors (Lipinski definition) is 6. The number of hydrogen-bond donors (Lipinski definition) is 0. The van der Waals surface area contributed by atoms with Crippen LogP contribution in [0.15, 0.2) is 0 Å². The minimum atomic E-state index is -1.93. The monoisotopic (exact) mass is 272 g/mol. The van der Waals surface area contributed by atoms with Gasteiger partial charge in [0.05, 0.1) is 13.2 Å². The summed E-state index contributed by atoms with van der Waals surface area (Å²) in [5.74, 6) is -2.02. The highest BCUT2D eigenvalue weighted by Gasteiger charge is 2.82. The van der Waals surface area contributed by atoms with E-state index in [1.165, 1.54) is 6.92 Å². The van der Waals surface area contributed by atoms with Crippen LogP contribution in [-0.4, -0.2) is 42.1 Å². The SMILES string of the molecule is CCCC(=O)[C@@]1(C)OC1(C(=O)OCC)C(=O)OCC. The lowest BCUT2D eigenvalue weighted by Crippen LogP contribution is -2.46. The zero-order valence-electron chi connectivity index (χ0n) is 11.8. The van der Waals surface area contributed by atoms with Gasteiger partial charge in [0.25, 0.3) is 5.60 Å². The lowest BCUT2D eigenvalue weighted by Gasteiger charge is -2.13. The Labute approximate surface area is 112 Å². The van der Waals surface area contributed by atoms with E-state index in [2.05, 4.69) is 0 Å². The van der Waals surface area contributed by atoms with Crippen LogP contribution in [0.4, 0.5) is 0 Å². The van der Waals surface area contributed by atoms with E-state index in [4.69, 9.17) is 14.2 Å². The van der Waals surface area contributed by atoms with Gasteiger partial charge in [0, 0.05) is 6.42 Å². The maximum Gasteiger partial charge on any atom is 0.354 e. The molecule has 0 bridgehead atoms. The van der Waals surface area contributed by atoms with E-state index in [0.29, 0.717) is 6.42 Å². The zero-order chi connectivity index (χ0) is 14.7. The number of Topliss-reactive ketones (excluding diaryl/α,β-unsaturated/α-hetero) is 1. The number of carbonyl (C=O) groups is 3. The molecule has 0 N–H and O–H groups in total. The lowest BCUT2D eigenvalue weighted by atomic mass is 9.88. The van der Waals surface area contributed by atoms with Crippen molar-refractivity contribution < 1.29 is 28.6 Å². The molecule has 1 saturated heterocycles. The van der Waals surface area contributed by atoms with Gasteiger partial charge in [-0.05, 0) is 27.2 Å². The van der Waals surface area contributed by atoms with Crippen molar-refractivity contribution in [2.24, 2.45) is 0 Å². The number of esters is 2. The first kappa shape index (κ1) is 15.6. The highest BCUT2D eigenvalue weighted by atomic mass is 16.7. The topological polar surface area (TPSA) is 82.2 Å². The van der Waals surface area contributed by atoms with Gasteiger partial charge < -0.3 is 14.2 Å². The van der Waals surface area contributed by atoms with Gasteiger partial charge in [0.2, 0.25) is 0 Å². The molecule has 1 aliphatic rings. The number of epoxide rings is 1. The van der Waals surface area contributed by atoms with E-state index in [0.717, 1.165) is 0 Å². The van der Waals surface area contributed by atoms with E-state index in [-0.39, 0.29) is 25.4 Å². The van der Waals surface area contributed by atoms with Gasteiger partial charge in [-0.15, -0.1) is 0 Å². The molecule has 6 nitrogen and oxygen atoms in total. The summed E-state index contributed by atoms with van der Waals surface area (Å²) in [6.45, 7) is 6.69. The third kappa shape index (κ3) is 2.36. The van der Waals surface area contributed by atoms with Crippen LogP contribution in [0.5, 0.6) is 0 Å². The summed E-state index contributed by atoms with van der Waals surface area (Å²) >= 11 is 0. The molecule has 0 aromatic rings. The Hall–Kier alpha value is -1.43. The summed E-state index contributed by atoms with van der Waals surface area (Å²) in [4.78, 5) is 36.0. The first-order valence-electron chi connectivity index (χ1n) is 6.48. The van der Waals surface area contributed by atoms with Gasteiger partial charge in [-0.2, -0.15) is 0 Å². The van der Waals surface area contributed by atoms with E-state index >= 15 is 0 Å². The molecular weight excluding hydrogens is 252 g/mol. The second kappa shape index (κ2) is 5.69. The largest absolute Gasteiger partial charge is 0.463 e. The van der Waals surface area contributed by atoms with Crippen molar-refractivity contribution in [3.05, 3.63) is 0 Å². The van der Waals surface area contributed by atoms with E-state index in [1.54, 1.807) is 13.8 Å². The molecule has 0 radical (unpaired) electrons. The summed E-state index contributed by atoms with van der Waals surface area (Å²) in [5.41, 5.74) is -3.40. The van der Waals surface area contributed by atoms with Gasteiger partial charge in [0.15, 0.2) is 11.4 Å². The van der Waals surface area contributed by atoms with Crippen LogP contribution in [0.3, 0.4) is 0 Å². The quantitative estimate of drug-likeness (QED) is 0.391. The molecule has 1 rings (SSSR count). The Morgan fingerprint density at radius 2 is 1.47 bits per heavy atom. The fourth-order valence-electron chi connectivity index (χ4n) is 2.02. The van der Waals surface area contributed by atoms with Crippen molar-refractivity contribution in [1.29, 1.82) is 0 Å². The zero-order valence-corrected chi connectivity index (χ0v) is 11.8. The van der Waals surface area contributed by atoms with Crippen LogP contribution in [-0.2, 0) is 28.6 Å². The van der Waals surface area contributed by atoms with Crippen LogP contribution in [0.2, 0.25) is 0 Å². The standard InChI is InChI=1S/C13H20O6/c1-5-8-9(14)12(4)13(19-12,10(15)17-6-2)11(16)18-7-3/h5-8H2,1-4H3/t12-/m1/s1. The van der Waals surface area contributed by atoms with Gasteiger partial charge >= 0.3 is 11.9 Å². The highest BCUT2D eigenvalue weighted by Crippen LogP contribution is 2.51. The first-order valence-corrected chi connectivity index (χ1v) is 6.48. The minimum Gasteiger partial charge on any atom is -0.463 e. The van der Waals surface area contributed by atoms with Crippen LogP contribution in [0.1, 0.15) is 40.5 Å². The molecule has 0 unspecified atom stereocenters. The molecule has 0 amide bonds. The van der Waals surface area contributed by atoms with Crippen molar-refractivity contribution in [2.45, 2.75) is 51.7 Å². The molecule has 108 valence electrons. The highest BCUT2D eigenvalue weighted by molar-refractivity contribution is 6.16. The molecule has 0 spiro atoms. The predicted octanol–water partition coefficient (Wildman–Crippen LogP) is 1.01. The maximum atomic E-state index is 12.0. The Balaban J connectivity index is 3.02. The fraction of sp³-hybridized carbons (Fsp3) is 0.769. The van der Waals surface area contributed by atoms with Crippen molar-refractivity contribution in [2.75, 3.05) is 13.2 Å². The van der Waals surface area contributed by atoms with E-state index < -0.39 is 23.1 Å². The number of rotatable bonds is 7. The molecule has 1 aliphatic heterocycles. The predicted molar refractivity (Wildman–Crippen MR) is 65.4 cm³/mol. The van der Waals surface area contributed by atoms with Crippen LogP contribution < -0.4 is 0 Å². The third-order valence-electron chi connectivity index (χ3n) is 3.12. The Morgan fingerprint density at radius 1 is 1.00 bits per heavy atom.